The van der Waals surface area contributed by atoms with Gasteiger partial charge in [-0.3, -0.25) is 14.3 Å². The molecule has 1 aromatic rings. The summed E-state index contributed by atoms with van der Waals surface area (Å²) >= 11 is 0. The van der Waals surface area contributed by atoms with Crippen LogP contribution in [0.2, 0.25) is 0 Å². The van der Waals surface area contributed by atoms with Crippen molar-refractivity contribution in [3.05, 3.63) is 33.9 Å². The molecule has 94 valence electrons. The Balaban J connectivity index is 2.69. The molecule has 0 aliphatic carbocycles. The van der Waals surface area contributed by atoms with Gasteiger partial charge in [0.2, 0.25) is 0 Å². The minimum absolute atomic E-state index is 0.0858. The van der Waals surface area contributed by atoms with Crippen molar-refractivity contribution in [2.75, 3.05) is 23.9 Å². The summed E-state index contributed by atoms with van der Waals surface area (Å²) in [6.45, 7) is 2.42. The highest BCUT2D eigenvalue weighted by molar-refractivity contribution is 7.84. The summed E-state index contributed by atoms with van der Waals surface area (Å²) in [5, 5.41) is 13.9. The topological polar surface area (TPSA) is 72.2 Å². The van der Waals surface area contributed by atoms with Crippen LogP contribution in [0.4, 0.5) is 11.4 Å². The number of rotatable bonds is 6. The maximum atomic E-state index is 10.9. The number of nitrogens with one attached hydrogen (secondary N) is 1. The van der Waals surface area contributed by atoms with Gasteiger partial charge in [-0.1, -0.05) is 12.1 Å². The number of benzene rings is 1. The number of para-hydroxylation sites is 1. The molecule has 0 spiro atoms. The zero-order valence-corrected chi connectivity index (χ0v) is 10.8. The van der Waals surface area contributed by atoms with Crippen LogP contribution in [-0.4, -0.2) is 27.7 Å². The molecule has 0 heterocycles. The molecule has 0 aromatic heterocycles. The number of aryl methyl sites for hydroxylation is 1. The van der Waals surface area contributed by atoms with Gasteiger partial charge in [0.1, 0.15) is 5.69 Å². The Hall–Kier alpha value is -1.43. The van der Waals surface area contributed by atoms with Gasteiger partial charge in [-0.05, 0) is 18.9 Å². The van der Waals surface area contributed by atoms with Crippen LogP contribution >= 0.6 is 0 Å². The molecule has 6 heteroatoms. The number of hydrogen-bond donors (Lipinski definition) is 1. The van der Waals surface area contributed by atoms with Crippen LogP contribution in [0.5, 0.6) is 0 Å². The van der Waals surface area contributed by atoms with E-state index in [-0.39, 0.29) is 5.69 Å². The average Bonchev–Trinajstić information content (AvgIpc) is 2.25. The Morgan fingerprint density at radius 1 is 1.47 bits per heavy atom. The first kappa shape index (κ1) is 13.6. The first-order chi connectivity index (χ1) is 8.02. The Labute approximate surface area is 103 Å². The number of nitro benzene ring substituents is 1. The van der Waals surface area contributed by atoms with Crippen molar-refractivity contribution in [1.82, 2.24) is 0 Å². The maximum absolute atomic E-state index is 10.9. The van der Waals surface area contributed by atoms with Crippen molar-refractivity contribution in [3.8, 4) is 0 Å². The molecule has 5 nitrogen and oxygen atoms in total. The van der Waals surface area contributed by atoms with E-state index in [2.05, 4.69) is 5.32 Å². The second kappa shape index (κ2) is 6.34. The van der Waals surface area contributed by atoms with Crippen molar-refractivity contribution in [3.63, 3.8) is 0 Å². The SMILES string of the molecule is Cc1cccc([N+](=O)[O-])c1NCCCS(C)=O. The lowest BCUT2D eigenvalue weighted by Crippen LogP contribution is -2.08. The summed E-state index contributed by atoms with van der Waals surface area (Å²) in [7, 11) is -0.817. The van der Waals surface area contributed by atoms with E-state index in [1.54, 1.807) is 12.3 Å². The van der Waals surface area contributed by atoms with Crippen LogP contribution < -0.4 is 5.32 Å². The molecule has 1 aromatic carbocycles. The average molecular weight is 256 g/mol. The fourth-order valence-corrected chi connectivity index (χ4v) is 2.07. The van der Waals surface area contributed by atoms with Gasteiger partial charge in [0.15, 0.2) is 0 Å². The molecule has 0 fully saturated rings. The van der Waals surface area contributed by atoms with Crippen molar-refractivity contribution < 1.29 is 9.13 Å². The molecule has 0 amide bonds. The van der Waals surface area contributed by atoms with Gasteiger partial charge in [0, 0.05) is 35.4 Å². The van der Waals surface area contributed by atoms with E-state index in [0.717, 1.165) is 12.0 Å². The van der Waals surface area contributed by atoms with Crippen molar-refractivity contribution in [2.45, 2.75) is 13.3 Å². The van der Waals surface area contributed by atoms with Gasteiger partial charge in [-0.2, -0.15) is 0 Å². The zero-order chi connectivity index (χ0) is 12.8. The van der Waals surface area contributed by atoms with Crippen LogP contribution in [0.3, 0.4) is 0 Å². The van der Waals surface area contributed by atoms with E-state index in [9.17, 15) is 14.3 Å². The predicted octanol–water partition coefficient (Wildman–Crippen LogP) is 2.08. The van der Waals surface area contributed by atoms with E-state index >= 15 is 0 Å². The second-order valence-corrected chi connectivity index (χ2v) is 5.34. The Morgan fingerprint density at radius 3 is 2.76 bits per heavy atom. The van der Waals surface area contributed by atoms with E-state index in [1.165, 1.54) is 6.07 Å². The molecule has 1 atom stereocenters. The van der Waals surface area contributed by atoms with Crippen LogP contribution in [0.1, 0.15) is 12.0 Å². The van der Waals surface area contributed by atoms with E-state index in [4.69, 9.17) is 0 Å². The van der Waals surface area contributed by atoms with Gasteiger partial charge in [0.05, 0.1) is 4.92 Å². The van der Waals surface area contributed by atoms with Gasteiger partial charge < -0.3 is 5.32 Å². The lowest BCUT2D eigenvalue weighted by atomic mass is 10.1. The van der Waals surface area contributed by atoms with Crippen molar-refractivity contribution in [2.24, 2.45) is 0 Å². The standard InChI is InChI=1S/C11H16N2O3S/c1-9-5-3-6-10(13(14)15)11(9)12-7-4-8-17(2)16/h3,5-6,12H,4,7-8H2,1-2H3. The van der Waals surface area contributed by atoms with Gasteiger partial charge in [-0.25, -0.2) is 0 Å². The predicted molar refractivity (Wildman–Crippen MR) is 69.9 cm³/mol. The molecule has 0 bridgehead atoms. The summed E-state index contributed by atoms with van der Waals surface area (Å²) in [5.74, 6) is 0.604. The highest BCUT2D eigenvalue weighted by Gasteiger charge is 2.14. The molecule has 0 aliphatic rings. The van der Waals surface area contributed by atoms with Crippen molar-refractivity contribution >= 4 is 22.2 Å². The number of nitro groups is 1. The molecule has 0 radical (unpaired) electrons. The number of hydrogen-bond acceptors (Lipinski definition) is 4. The first-order valence-electron chi connectivity index (χ1n) is 5.30. The Bertz CT molecular complexity index is 435. The molecule has 1 rings (SSSR count). The largest absolute Gasteiger partial charge is 0.379 e. The smallest absolute Gasteiger partial charge is 0.292 e. The molecular formula is C11H16N2O3S. The third kappa shape index (κ3) is 4.14. The Kier molecular flexibility index (Phi) is 5.09. The minimum Gasteiger partial charge on any atom is -0.379 e. The molecule has 17 heavy (non-hydrogen) atoms. The fourth-order valence-electron chi connectivity index (χ4n) is 1.52. The van der Waals surface area contributed by atoms with Crippen LogP contribution in [0.15, 0.2) is 18.2 Å². The number of nitrogens with zero attached hydrogens (tertiary/aromatic N) is 1. The lowest BCUT2D eigenvalue weighted by Gasteiger charge is -2.09. The molecule has 1 unspecified atom stereocenters. The third-order valence-electron chi connectivity index (χ3n) is 2.36. The van der Waals surface area contributed by atoms with Crippen LogP contribution in [0, 0.1) is 17.0 Å². The second-order valence-electron chi connectivity index (χ2n) is 3.78. The lowest BCUT2D eigenvalue weighted by molar-refractivity contribution is -0.384. The molecule has 0 aliphatic heterocycles. The van der Waals surface area contributed by atoms with Gasteiger partial charge >= 0.3 is 0 Å². The Morgan fingerprint density at radius 2 is 2.18 bits per heavy atom. The van der Waals surface area contributed by atoms with Crippen LogP contribution in [0.25, 0.3) is 0 Å². The highest BCUT2D eigenvalue weighted by Crippen LogP contribution is 2.27. The zero-order valence-electron chi connectivity index (χ0n) is 9.93. The quantitative estimate of drug-likeness (QED) is 0.480. The molecule has 0 saturated carbocycles. The van der Waals surface area contributed by atoms with Gasteiger partial charge in [-0.15, -0.1) is 0 Å². The monoisotopic (exact) mass is 256 g/mol. The highest BCUT2D eigenvalue weighted by atomic mass is 32.2. The summed E-state index contributed by atoms with van der Waals surface area (Å²) in [4.78, 5) is 10.4. The molecule has 0 saturated heterocycles. The maximum Gasteiger partial charge on any atom is 0.292 e. The molecular weight excluding hydrogens is 240 g/mol. The summed E-state index contributed by atoms with van der Waals surface area (Å²) in [6.07, 6.45) is 2.38. The van der Waals surface area contributed by atoms with E-state index < -0.39 is 15.7 Å². The third-order valence-corrected chi connectivity index (χ3v) is 3.22. The van der Waals surface area contributed by atoms with E-state index in [1.807, 2.05) is 13.0 Å². The normalized spacial score (nSPS) is 12.1. The summed E-state index contributed by atoms with van der Waals surface area (Å²) in [6, 6.07) is 4.97. The summed E-state index contributed by atoms with van der Waals surface area (Å²) < 4.78 is 10.9. The molecule has 1 N–H and O–H groups in total. The number of anilines is 1. The van der Waals surface area contributed by atoms with Crippen LogP contribution in [-0.2, 0) is 10.8 Å². The van der Waals surface area contributed by atoms with Gasteiger partial charge in [0.25, 0.3) is 5.69 Å². The minimum atomic E-state index is -0.817. The van der Waals surface area contributed by atoms with E-state index in [0.29, 0.717) is 18.0 Å². The van der Waals surface area contributed by atoms with Crippen molar-refractivity contribution in [1.29, 1.82) is 0 Å². The fraction of sp³-hybridized carbons (Fsp3) is 0.455. The summed E-state index contributed by atoms with van der Waals surface area (Å²) in [5.41, 5.74) is 1.49. The first-order valence-corrected chi connectivity index (χ1v) is 7.03.